The Morgan fingerprint density at radius 3 is 2.34 bits per heavy atom. The van der Waals surface area contributed by atoms with Crippen molar-refractivity contribution >= 4 is 17.7 Å². The van der Waals surface area contributed by atoms with E-state index in [1.54, 1.807) is 44.9 Å². The maximum atomic E-state index is 13.8. The summed E-state index contributed by atoms with van der Waals surface area (Å²) in [5, 5.41) is 21.3. The molecule has 2 saturated heterocycles. The summed E-state index contributed by atoms with van der Waals surface area (Å²) in [7, 11) is 0. The number of carbonyl (C=O) groups is 3. The number of hydrogen-bond acceptors (Lipinski definition) is 6. The van der Waals surface area contributed by atoms with E-state index < -0.39 is 18.1 Å². The van der Waals surface area contributed by atoms with E-state index in [1.165, 1.54) is 0 Å². The van der Waals surface area contributed by atoms with Crippen LogP contribution in [-0.4, -0.2) is 72.8 Å². The van der Waals surface area contributed by atoms with Crippen molar-refractivity contribution in [1.82, 2.24) is 30.1 Å². The predicted octanol–water partition coefficient (Wildman–Crippen LogP) is 1.58. The molecule has 10 heteroatoms. The van der Waals surface area contributed by atoms with E-state index in [2.05, 4.69) is 15.6 Å². The predicted molar refractivity (Wildman–Crippen MR) is 126 cm³/mol. The van der Waals surface area contributed by atoms with Gasteiger partial charge in [0.2, 0.25) is 17.7 Å². The number of amides is 3. The number of hydrogen-bond donors (Lipinski definition) is 2. The first kappa shape index (κ1) is 23.3. The molecule has 5 rings (SSSR count). The van der Waals surface area contributed by atoms with E-state index >= 15 is 0 Å². The number of rotatable bonds is 3. The monoisotopic (exact) mass is 480 g/mol. The molecule has 2 N–H and O–H groups in total. The van der Waals surface area contributed by atoms with E-state index in [0.29, 0.717) is 25.2 Å². The molecular weight excluding hydrogens is 448 g/mol. The van der Waals surface area contributed by atoms with E-state index in [1.807, 2.05) is 13.8 Å². The number of aromatic nitrogens is 3. The average molecular weight is 481 g/mol. The van der Waals surface area contributed by atoms with Crippen molar-refractivity contribution in [2.75, 3.05) is 13.1 Å². The van der Waals surface area contributed by atoms with Gasteiger partial charge in [-0.15, -0.1) is 5.10 Å². The SMILES string of the molecule is CC(C)[C@H]1C(=O)N2CCC[C@H]2C(=O)N[C@@H](Cc2ccc(O)cc2)C(=O)N2CCC[C@H]2c2cn1nn2. The Morgan fingerprint density at radius 2 is 1.66 bits per heavy atom. The molecule has 4 atom stereocenters. The standard InChI is InChI=1S/C25H32N6O4/c1-15(2)22-25(35)30-12-4-6-21(30)23(33)26-18(13-16-7-9-17(32)10-8-16)24(34)29-11-3-5-20(29)19-14-31(22)28-27-19/h7-10,14-15,18,20-22,32H,3-6,11-13H2,1-2H3,(H,26,33)/t18-,20-,21-,22-/m0/s1. The van der Waals surface area contributed by atoms with Crippen LogP contribution in [-0.2, 0) is 20.8 Å². The second-order valence-electron chi connectivity index (χ2n) is 10.1. The highest BCUT2D eigenvalue weighted by molar-refractivity contribution is 5.93. The highest BCUT2D eigenvalue weighted by atomic mass is 16.3. The summed E-state index contributed by atoms with van der Waals surface area (Å²) in [6, 6.07) is 4.41. The third-order valence-corrected chi connectivity index (χ3v) is 7.40. The Morgan fingerprint density at radius 1 is 1.00 bits per heavy atom. The van der Waals surface area contributed by atoms with Gasteiger partial charge in [-0.1, -0.05) is 31.2 Å². The second kappa shape index (κ2) is 9.31. The molecule has 4 heterocycles. The number of aromatic hydroxyl groups is 1. The van der Waals surface area contributed by atoms with E-state index in [4.69, 9.17) is 0 Å². The molecule has 0 unspecified atom stereocenters. The number of fused-ring (bicyclic) bond motifs is 5. The van der Waals surface area contributed by atoms with Crippen LogP contribution < -0.4 is 5.32 Å². The first-order valence-corrected chi connectivity index (χ1v) is 12.4. The minimum Gasteiger partial charge on any atom is -0.508 e. The van der Waals surface area contributed by atoms with Crippen molar-refractivity contribution < 1.29 is 19.5 Å². The highest BCUT2D eigenvalue weighted by Crippen LogP contribution is 2.33. The van der Waals surface area contributed by atoms with Gasteiger partial charge in [0.25, 0.3) is 0 Å². The van der Waals surface area contributed by atoms with Crippen molar-refractivity contribution in [3.8, 4) is 5.75 Å². The second-order valence-corrected chi connectivity index (χ2v) is 10.1. The first-order valence-electron chi connectivity index (χ1n) is 12.4. The Hall–Kier alpha value is -3.43. The third kappa shape index (κ3) is 4.37. The van der Waals surface area contributed by atoms with Gasteiger partial charge >= 0.3 is 0 Å². The number of benzene rings is 1. The highest BCUT2D eigenvalue weighted by Gasteiger charge is 2.43. The Bertz CT molecular complexity index is 1110. The molecule has 2 fully saturated rings. The minimum atomic E-state index is -0.790. The molecule has 3 aliphatic heterocycles. The Kier molecular flexibility index (Phi) is 6.21. The summed E-state index contributed by atoms with van der Waals surface area (Å²) < 4.78 is 1.61. The summed E-state index contributed by atoms with van der Waals surface area (Å²) in [5.41, 5.74) is 1.49. The Balaban J connectivity index is 1.55. The number of carbonyl (C=O) groups excluding carboxylic acids is 3. The molecule has 0 radical (unpaired) electrons. The van der Waals surface area contributed by atoms with Crippen LogP contribution in [0.25, 0.3) is 0 Å². The maximum absolute atomic E-state index is 13.8. The van der Waals surface area contributed by atoms with Crippen molar-refractivity contribution in [2.24, 2.45) is 5.92 Å². The van der Waals surface area contributed by atoms with Crippen molar-refractivity contribution in [2.45, 2.75) is 70.1 Å². The van der Waals surface area contributed by atoms with Gasteiger partial charge in [0.05, 0.1) is 12.2 Å². The fourth-order valence-corrected chi connectivity index (χ4v) is 5.63. The molecule has 1 aromatic carbocycles. The molecule has 3 aliphatic rings. The van der Waals surface area contributed by atoms with Crippen LogP contribution in [0.15, 0.2) is 30.5 Å². The lowest BCUT2D eigenvalue weighted by Gasteiger charge is -2.31. The molecule has 2 bridgehead atoms. The fourth-order valence-electron chi connectivity index (χ4n) is 5.63. The Labute approximate surface area is 204 Å². The fraction of sp³-hybridized carbons (Fsp3) is 0.560. The number of nitrogens with one attached hydrogen (secondary N) is 1. The molecule has 2 aromatic rings. The molecule has 35 heavy (non-hydrogen) atoms. The summed E-state index contributed by atoms with van der Waals surface area (Å²) in [6.45, 7) is 4.99. The normalized spacial score (nSPS) is 27.2. The lowest BCUT2D eigenvalue weighted by molar-refractivity contribution is -0.143. The van der Waals surface area contributed by atoms with Gasteiger partial charge in [-0.05, 0) is 49.3 Å². The lowest BCUT2D eigenvalue weighted by atomic mass is 10.0. The number of phenolic OH excluding ortho intramolecular Hbond substituents is 1. The first-order chi connectivity index (χ1) is 16.8. The number of nitrogens with zero attached hydrogens (tertiary/aromatic N) is 5. The van der Waals surface area contributed by atoms with Crippen molar-refractivity contribution in [3.63, 3.8) is 0 Å². The van der Waals surface area contributed by atoms with Gasteiger partial charge in [0, 0.05) is 19.5 Å². The lowest BCUT2D eigenvalue weighted by Crippen LogP contribution is -2.55. The van der Waals surface area contributed by atoms with E-state index in [-0.39, 0.29) is 41.9 Å². The van der Waals surface area contributed by atoms with Crippen LogP contribution in [0.2, 0.25) is 0 Å². The number of phenols is 1. The molecular formula is C25H32N6O4. The smallest absolute Gasteiger partial charge is 0.248 e. The molecule has 3 amide bonds. The van der Waals surface area contributed by atoms with Crippen LogP contribution in [0.5, 0.6) is 5.75 Å². The quantitative estimate of drug-likeness (QED) is 0.688. The van der Waals surface area contributed by atoms with Gasteiger partial charge < -0.3 is 20.2 Å². The topological polar surface area (TPSA) is 121 Å². The largest absolute Gasteiger partial charge is 0.508 e. The van der Waals surface area contributed by atoms with Gasteiger partial charge in [-0.25, -0.2) is 4.68 Å². The van der Waals surface area contributed by atoms with Gasteiger partial charge in [-0.3, -0.25) is 14.4 Å². The zero-order chi connectivity index (χ0) is 24.7. The maximum Gasteiger partial charge on any atom is 0.248 e. The zero-order valence-corrected chi connectivity index (χ0v) is 20.1. The van der Waals surface area contributed by atoms with Gasteiger partial charge in [-0.2, -0.15) is 0 Å². The third-order valence-electron chi connectivity index (χ3n) is 7.40. The van der Waals surface area contributed by atoms with Gasteiger partial charge in [0.15, 0.2) is 0 Å². The molecule has 0 saturated carbocycles. The molecule has 10 nitrogen and oxygen atoms in total. The van der Waals surface area contributed by atoms with E-state index in [0.717, 1.165) is 24.8 Å². The zero-order valence-electron chi connectivity index (χ0n) is 20.1. The van der Waals surface area contributed by atoms with Crippen molar-refractivity contribution in [1.29, 1.82) is 0 Å². The minimum absolute atomic E-state index is 0.0463. The van der Waals surface area contributed by atoms with Crippen molar-refractivity contribution in [3.05, 3.63) is 41.7 Å². The molecule has 0 spiro atoms. The summed E-state index contributed by atoms with van der Waals surface area (Å²) in [5.74, 6) is -0.516. The summed E-state index contributed by atoms with van der Waals surface area (Å²) >= 11 is 0. The molecule has 186 valence electrons. The van der Waals surface area contributed by atoms with Crippen LogP contribution in [0.3, 0.4) is 0 Å². The average Bonchev–Trinajstić information content (AvgIpc) is 3.58. The molecule has 1 aromatic heterocycles. The molecule has 0 aliphatic carbocycles. The van der Waals surface area contributed by atoms with Crippen LogP contribution in [0, 0.1) is 5.92 Å². The van der Waals surface area contributed by atoms with Crippen LogP contribution in [0.4, 0.5) is 0 Å². The van der Waals surface area contributed by atoms with Crippen LogP contribution >= 0.6 is 0 Å². The summed E-state index contributed by atoms with van der Waals surface area (Å²) in [6.07, 6.45) is 4.94. The van der Waals surface area contributed by atoms with Gasteiger partial charge in [0.1, 0.15) is 29.6 Å². The summed E-state index contributed by atoms with van der Waals surface area (Å²) in [4.78, 5) is 44.4. The van der Waals surface area contributed by atoms with E-state index in [9.17, 15) is 19.5 Å². The van der Waals surface area contributed by atoms with Crippen LogP contribution in [0.1, 0.15) is 62.9 Å².